The highest BCUT2D eigenvalue weighted by atomic mass is 16.7. The molecular formula is C25H27BO2. The summed E-state index contributed by atoms with van der Waals surface area (Å²) in [5, 5.41) is 2.56. The maximum atomic E-state index is 6.39. The third kappa shape index (κ3) is 2.24. The average Bonchev–Trinajstić information content (AvgIpc) is 2.86. The molecule has 0 aromatic heterocycles. The van der Waals surface area contributed by atoms with Gasteiger partial charge in [0.15, 0.2) is 0 Å². The molecule has 0 spiro atoms. The Bertz CT molecular complexity index is 1090. The van der Waals surface area contributed by atoms with Crippen LogP contribution in [0.3, 0.4) is 0 Å². The Hall–Kier alpha value is -2.10. The molecule has 1 aliphatic heterocycles. The minimum absolute atomic E-state index is 0.0440. The van der Waals surface area contributed by atoms with E-state index in [4.69, 9.17) is 9.31 Å². The van der Waals surface area contributed by atoms with Crippen molar-refractivity contribution >= 4 is 23.4 Å². The van der Waals surface area contributed by atoms with Crippen LogP contribution in [-0.4, -0.2) is 18.3 Å². The fraction of sp³-hybridized carbons (Fsp3) is 0.360. The second-order valence-corrected chi connectivity index (χ2v) is 9.69. The summed E-state index contributed by atoms with van der Waals surface area (Å²) >= 11 is 0. The predicted molar refractivity (Wildman–Crippen MR) is 117 cm³/mol. The number of hydrogen-bond donors (Lipinski definition) is 0. The second kappa shape index (κ2) is 5.49. The van der Waals surface area contributed by atoms with E-state index in [-0.39, 0.29) is 23.7 Å². The maximum absolute atomic E-state index is 6.39. The predicted octanol–water partition coefficient (Wildman–Crippen LogP) is 5.45. The van der Waals surface area contributed by atoms with Gasteiger partial charge < -0.3 is 9.31 Å². The van der Waals surface area contributed by atoms with Crippen LogP contribution >= 0.6 is 0 Å². The van der Waals surface area contributed by atoms with Gasteiger partial charge in [-0.05, 0) is 66.2 Å². The lowest BCUT2D eigenvalue weighted by atomic mass is 9.66. The third-order valence-corrected chi connectivity index (χ3v) is 7.15. The molecule has 0 saturated carbocycles. The minimum Gasteiger partial charge on any atom is -0.399 e. The fourth-order valence-electron chi connectivity index (χ4n) is 4.76. The zero-order valence-electron chi connectivity index (χ0n) is 17.6. The van der Waals surface area contributed by atoms with Gasteiger partial charge in [0.1, 0.15) is 0 Å². The van der Waals surface area contributed by atoms with Crippen molar-refractivity contribution in [3.63, 3.8) is 0 Å². The van der Waals surface area contributed by atoms with E-state index in [1.54, 1.807) is 0 Å². The van der Waals surface area contributed by atoms with E-state index in [0.29, 0.717) is 0 Å². The SMILES string of the molecule is CC1(C)c2ccccc2-c2ccc(B3OC(C)(C)C(C)(C)O3)c3cccc1c23. The van der Waals surface area contributed by atoms with Crippen molar-refractivity contribution < 1.29 is 9.31 Å². The summed E-state index contributed by atoms with van der Waals surface area (Å²) in [5.41, 5.74) is 5.78. The topological polar surface area (TPSA) is 18.5 Å². The molecule has 1 aliphatic carbocycles. The molecule has 142 valence electrons. The zero-order valence-corrected chi connectivity index (χ0v) is 17.6. The number of hydrogen-bond acceptors (Lipinski definition) is 2. The van der Waals surface area contributed by atoms with Crippen molar-refractivity contribution in [2.24, 2.45) is 0 Å². The van der Waals surface area contributed by atoms with Gasteiger partial charge in [-0.25, -0.2) is 0 Å². The van der Waals surface area contributed by atoms with Crippen LogP contribution in [0.4, 0.5) is 0 Å². The van der Waals surface area contributed by atoms with Crippen molar-refractivity contribution in [1.82, 2.24) is 0 Å². The molecule has 0 atom stereocenters. The Balaban J connectivity index is 1.78. The Morgan fingerprint density at radius 3 is 2.00 bits per heavy atom. The maximum Gasteiger partial charge on any atom is 0.495 e. The number of benzene rings is 3. The molecule has 3 heteroatoms. The number of fused-ring (bicyclic) bond motifs is 2. The van der Waals surface area contributed by atoms with E-state index >= 15 is 0 Å². The van der Waals surface area contributed by atoms with Crippen LogP contribution in [0.5, 0.6) is 0 Å². The molecule has 3 aromatic rings. The van der Waals surface area contributed by atoms with Gasteiger partial charge in [-0.3, -0.25) is 0 Å². The van der Waals surface area contributed by atoms with Gasteiger partial charge in [-0.1, -0.05) is 68.4 Å². The van der Waals surface area contributed by atoms with Crippen LogP contribution in [0, 0.1) is 0 Å². The monoisotopic (exact) mass is 370 g/mol. The lowest BCUT2D eigenvalue weighted by Gasteiger charge is -2.35. The lowest BCUT2D eigenvalue weighted by Crippen LogP contribution is -2.41. The molecule has 0 bridgehead atoms. The summed E-state index contributed by atoms with van der Waals surface area (Å²) in [4.78, 5) is 0. The third-order valence-electron chi connectivity index (χ3n) is 7.15. The Kier molecular flexibility index (Phi) is 3.52. The summed E-state index contributed by atoms with van der Waals surface area (Å²) in [6, 6.07) is 19.9. The van der Waals surface area contributed by atoms with Crippen LogP contribution in [0.25, 0.3) is 21.9 Å². The van der Waals surface area contributed by atoms with Gasteiger partial charge in [0, 0.05) is 5.41 Å². The lowest BCUT2D eigenvalue weighted by molar-refractivity contribution is 0.00578. The van der Waals surface area contributed by atoms with E-state index in [2.05, 4.69) is 96.1 Å². The quantitative estimate of drug-likeness (QED) is 0.531. The molecule has 1 heterocycles. The van der Waals surface area contributed by atoms with Crippen LogP contribution in [0.1, 0.15) is 52.7 Å². The highest BCUT2D eigenvalue weighted by Crippen LogP contribution is 2.48. The Morgan fingerprint density at radius 1 is 0.643 bits per heavy atom. The minimum atomic E-state index is -0.352. The van der Waals surface area contributed by atoms with Crippen LogP contribution in [0.2, 0.25) is 0 Å². The van der Waals surface area contributed by atoms with Gasteiger partial charge in [-0.15, -0.1) is 0 Å². The van der Waals surface area contributed by atoms with Gasteiger partial charge in [-0.2, -0.15) is 0 Å². The molecular weight excluding hydrogens is 343 g/mol. The molecule has 5 rings (SSSR count). The Labute approximate surface area is 168 Å². The van der Waals surface area contributed by atoms with E-state index in [9.17, 15) is 0 Å². The van der Waals surface area contributed by atoms with Gasteiger partial charge >= 0.3 is 7.12 Å². The first-order valence-electron chi connectivity index (χ1n) is 10.2. The van der Waals surface area contributed by atoms with Crippen LogP contribution < -0.4 is 5.46 Å². The van der Waals surface area contributed by atoms with Gasteiger partial charge in [0.2, 0.25) is 0 Å². The summed E-state index contributed by atoms with van der Waals surface area (Å²) in [6.07, 6.45) is 0. The first kappa shape index (κ1) is 18.0. The summed E-state index contributed by atoms with van der Waals surface area (Å²) in [6.45, 7) is 13.1. The normalized spacial score (nSPS) is 21.0. The Morgan fingerprint density at radius 2 is 1.29 bits per heavy atom. The molecule has 1 saturated heterocycles. The summed E-state index contributed by atoms with van der Waals surface area (Å²) in [7, 11) is -0.352. The average molecular weight is 370 g/mol. The number of rotatable bonds is 1. The van der Waals surface area contributed by atoms with Crippen LogP contribution in [0.15, 0.2) is 54.6 Å². The highest BCUT2D eigenvalue weighted by molar-refractivity contribution is 6.65. The van der Waals surface area contributed by atoms with Crippen molar-refractivity contribution in [3.8, 4) is 11.1 Å². The van der Waals surface area contributed by atoms with Crippen molar-refractivity contribution in [3.05, 3.63) is 65.7 Å². The largest absolute Gasteiger partial charge is 0.495 e. The second-order valence-electron chi connectivity index (χ2n) is 9.69. The standard InChI is InChI=1S/C25H27BO2/c1-23(2)19-12-8-7-10-16(19)17-14-15-21(18-11-9-13-20(23)22(17)18)26-27-24(3,4)25(5,6)28-26/h7-15H,1-6H3. The molecule has 0 N–H and O–H groups in total. The smallest absolute Gasteiger partial charge is 0.399 e. The van der Waals surface area contributed by atoms with E-state index < -0.39 is 0 Å². The fourth-order valence-corrected chi connectivity index (χ4v) is 4.76. The van der Waals surface area contributed by atoms with Gasteiger partial charge in [0.05, 0.1) is 11.2 Å². The molecule has 3 aromatic carbocycles. The molecule has 1 fully saturated rings. The summed E-state index contributed by atoms with van der Waals surface area (Å²) < 4.78 is 12.8. The van der Waals surface area contributed by atoms with Crippen molar-refractivity contribution in [2.75, 3.05) is 0 Å². The highest BCUT2D eigenvalue weighted by Gasteiger charge is 2.52. The van der Waals surface area contributed by atoms with Crippen molar-refractivity contribution in [1.29, 1.82) is 0 Å². The van der Waals surface area contributed by atoms with Gasteiger partial charge in [0.25, 0.3) is 0 Å². The van der Waals surface area contributed by atoms with Crippen molar-refractivity contribution in [2.45, 2.75) is 58.2 Å². The first-order valence-corrected chi connectivity index (χ1v) is 10.2. The molecule has 2 nitrogen and oxygen atoms in total. The summed E-state index contributed by atoms with van der Waals surface area (Å²) in [5.74, 6) is 0. The molecule has 0 amide bonds. The molecule has 0 unspecified atom stereocenters. The van der Waals surface area contributed by atoms with E-state index in [1.165, 1.54) is 33.0 Å². The molecule has 0 radical (unpaired) electrons. The zero-order chi connectivity index (χ0) is 19.9. The van der Waals surface area contributed by atoms with Crippen LogP contribution in [-0.2, 0) is 14.7 Å². The molecule has 2 aliphatic rings. The molecule has 28 heavy (non-hydrogen) atoms. The van der Waals surface area contributed by atoms with E-state index in [1.807, 2.05) is 0 Å². The van der Waals surface area contributed by atoms with E-state index in [0.717, 1.165) is 5.46 Å². The first-order chi connectivity index (χ1) is 13.1.